The Labute approximate surface area is 203 Å². The number of para-hydroxylation sites is 1. The Bertz CT molecular complexity index is 1200. The Morgan fingerprint density at radius 3 is 2.48 bits per heavy atom. The first-order valence-electron chi connectivity index (χ1n) is 10.8. The van der Waals surface area contributed by atoms with Gasteiger partial charge in [-0.2, -0.15) is 0 Å². The van der Waals surface area contributed by atoms with E-state index in [4.69, 9.17) is 16.3 Å². The molecule has 1 aliphatic rings. The van der Waals surface area contributed by atoms with Crippen molar-refractivity contribution in [2.75, 3.05) is 13.2 Å². The minimum absolute atomic E-state index is 0.170. The number of hydrogen-bond donors (Lipinski definition) is 0. The van der Waals surface area contributed by atoms with E-state index >= 15 is 0 Å². The Kier molecular flexibility index (Phi) is 7.26. The zero-order chi connectivity index (χ0) is 23.4. The van der Waals surface area contributed by atoms with Crippen LogP contribution in [0.15, 0.2) is 65.6 Å². The minimum atomic E-state index is -0.290. The molecule has 7 heteroatoms. The Hall–Kier alpha value is -2.96. The molecule has 33 heavy (non-hydrogen) atoms. The first-order valence-corrected chi connectivity index (χ1v) is 12.0. The number of thioether (sulfide) groups is 1. The Balaban J connectivity index is 1.42. The summed E-state index contributed by atoms with van der Waals surface area (Å²) in [6.07, 6.45) is 2.75. The van der Waals surface area contributed by atoms with Crippen LogP contribution >= 0.6 is 23.4 Å². The summed E-state index contributed by atoms with van der Waals surface area (Å²) in [6.45, 7) is 5.32. The number of imide groups is 1. The van der Waals surface area contributed by atoms with Crippen LogP contribution in [-0.4, -0.2) is 33.8 Å². The van der Waals surface area contributed by atoms with Crippen molar-refractivity contribution in [3.63, 3.8) is 0 Å². The molecule has 1 saturated heterocycles. The SMILES string of the molecule is Cc1cc(/C=C2\SC(=O)N(CCOc3ccccc3Cl)C2=O)c(C)n1CCc1ccccc1. The van der Waals surface area contributed by atoms with Crippen LogP contribution in [0.4, 0.5) is 4.79 Å². The van der Waals surface area contributed by atoms with Crippen molar-refractivity contribution in [2.24, 2.45) is 0 Å². The molecule has 4 rings (SSSR count). The molecule has 0 spiro atoms. The van der Waals surface area contributed by atoms with E-state index in [0.717, 1.165) is 41.7 Å². The smallest absolute Gasteiger partial charge is 0.293 e. The second-order valence-corrected chi connectivity index (χ2v) is 9.23. The number of rotatable bonds is 8. The fraction of sp³-hybridized carbons (Fsp3) is 0.231. The monoisotopic (exact) mass is 480 g/mol. The second-order valence-electron chi connectivity index (χ2n) is 7.83. The molecule has 0 bridgehead atoms. The van der Waals surface area contributed by atoms with Gasteiger partial charge in [-0.1, -0.05) is 54.1 Å². The van der Waals surface area contributed by atoms with Crippen LogP contribution in [0, 0.1) is 13.8 Å². The Morgan fingerprint density at radius 2 is 1.73 bits per heavy atom. The van der Waals surface area contributed by atoms with Gasteiger partial charge < -0.3 is 9.30 Å². The summed E-state index contributed by atoms with van der Waals surface area (Å²) >= 11 is 7.06. The summed E-state index contributed by atoms with van der Waals surface area (Å²) in [5, 5.41) is 0.209. The molecule has 0 unspecified atom stereocenters. The molecule has 0 saturated carbocycles. The average Bonchev–Trinajstić information content (AvgIpc) is 3.23. The molecule has 1 aromatic heterocycles. The van der Waals surface area contributed by atoms with Crippen molar-refractivity contribution in [3.8, 4) is 5.75 Å². The Morgan fingerprint density at radius 1 is 1.00 bits per heavy atom. The molecule has 170 valence electrons. The lowest BCUT2D eigenvalue weighted by Gasteiger charge is -2.13. The number of carbonyl (C=O) groups is 2. The highest BCUT2D eigenvalue weighted by atomic mass is 35.5. The van der Waals surface area contributed by atoms with Gasteiger partial charge in [0.15, 0.2) is 0 Å². The standard InChI is InChI=1S/C26H25ClN2O3S/c1-18-16-21(19(2)28(18)13-12-20-8-4-3-5-9-20)17-24-25(30)29(26(31)33-24)14-15-32-23-11-7-6-10-22(23)27/h3-11,16-17H,12-15H2,1-2H3/b24-17-. The van der Waals surface area contributed by atoms with E-state index in [1.807, 2.05) is 43.3 Å². The second kappa shape index (κ2) is 10.3. The molecular formula is C26H25ClN2O3S. The van der Waals surface area contributed by atoms with Crippen molar-refractivity contribution in [2.45, 2.75) is 26.8 Å². The number of carbonyl (C=O) groups excluding carboxylic acids is 2. The van der Waals surface area contributed by atoms with E-state index < -0.39 is 0 Å². The summed E-state index contributed by atoms with van der Waals surface area (Å²) in [7, 11) is 0. The minimum Gasteiger partial charge on any atom is -0.490 e. The molecule has 1 aliphatic heterocycles. The number of nitrogens with zero attached hydrogens (tertiary/aromatic N) is 2. The molecule has 0 atom stereocenters. The highest BCUT2D eigenvalue weighted by molar-refractivity contribution is 8.18. The number of aromatic nitrogens is 1. The largest absolute Gasteiger partial charge is 0.490 e. The summed E-state index contributed by atoms with van der Waals surface area (Å²) in [6, 6.07) is 19.5. The number of ether oxygens (including phenoxy) is 1. The highest BCUT2D eigenvalue weighted by Crippen LogP contribution is 2.33. The van der Waals surface area contributed by atoms with E-state index in [1.165, 1.54) is 10.5 Å². The number of halogens is 1. The summed E-state index contributed by atoms with van der Waals surface area (Å²) in [5.41, 5.74) is 4.45. The third-order valence-corrected chi connectivity index (χ3v) is 6.87. The van der Waals surface area contributed by atoms with Gasteiger partial charge in [0, 0.05) is 17.9 Å². The van der Waals surface area contributed by atoms with Crippen molar-refractivity contribution in [3.05, 3.63) is 93.1 Å². The van der Waals surface area contributed by atoms with E-state index in [2.05, 4.69) is 29.7 Å². The molecule has 2 heterocycles. The van der Waals surface area contributed by atoms with Crippen LogP contribution in [0.5, 0.6) is 5.75 Å². The van der Waals surface area contributed by atoms with E-state index in [-0.39, 0.29) is 24.3 Å². The summed E-state index contributed by atoms with van der Waals surface area (Å²) in [4.78, 5) is 27.0. The maximum atomic E-state index is 12.9. The highest BCUT2D eigenvalue weighted by Gasteiger charge is 2.35. The topological polar surface area (TPSA) is 51.5 Å². The van der Waals surface area contributed by atoms with Crippen molar-refractivity contribution < 1.29 is 14.3 Å². The van der Waals surface area contributed by atoms with Crippen LogP contribution in [0.3, 0.4) is 0 Å². The number of aryl methyl sites for hydroxylation is 2. The van der Waals surface area contributed by atoms with Crippen LogP contribution in [0.2, 0.25) is 5.02 Å². The third-order valence-electron chi connectivity index (χ3n) is 5.65. The molecule has 3 aromatic rings. The van der Waals surface area contributed by atoms with Crippen LogP contribution in [-0.2, 0) is 17.8 Å². The summed E-state index contributed by atoms with van der Waals surface area (Å²) in [5.74, 6) is 0.242. The zero-order valence-electron chi connectivity index (χ0n) is 18.6. The van der Waals surface area contributed by atoms with E-state index in [1.54, 1.807) is 12.1 Å². The van der Waals surface area contributed by atoms with Gasteiger partial charge in [0.25, 0.3) is 11.1 Å². The van der Waals surface area contributed by atoms with Gasteiger partial charge in [0.2, 0.25) is 0 Å². The zero-order valence-corrected chi connectivity index (χ0v) is 20.2. The van der Waals surface area contributed by atoms with Crippen molar-refractivity contribution in [1.82, 2.24) is 9.47 Å². The van der Waals surface area contributed by atoms with E-state index in [9.17, 15) is 9.59 Å². The summed E-state index contributed by atoms with van der Waals surface area (Å²) < 4.78 is 7.89. The number of benzene rings is 2. The quantitative estimate of drug-likeness (QED) is 0.364. The number of hydrogen-bond acceptors (Lipinski definition) is 4. The fourth-order valence-electron chi connectivity index (χ4n) is 3.85. The third kappa shape index (κ3) is 5.34. The maximum absolute atomic E-state index is 12.9. The van der Waals surface area contributed by atoms with Crippen LogP contribution in [0.1, 0.15) is 22.5 Å². The average molecular weight is 481 g/mol. The molecule has 2 amide bonds. The molecule has 0 radical (unpaired) electrons. The first kappa shape index (κ1) is 23.2. The predicted octanol–water partition coefficient (Wildman–Crippen LogP) is 6.12. The maximum Gasteiger partial charge on any atom is 0.293 e. The number of amides is 2. The predicted molar refractivity (Wildman–Crippen MR) is 134 cm³/mol. The lowest BCUT2D eigenvalue weighted by molar-refractivity contribution is -0.123. The van der Waals surface area contributed by atoms with Gasteiger partial charge >= 0.3 is 0 Å². The normalized spacial score (nSPS) is 15.0. The van der Waals surface area contributed by atoms with Gasteiger partial charge in [-0.05, 0) is 67.4 Å². The van der Waals surface area contributed by atoms with Crippen molar-refractivity contribution >= 4 is 40.6 Å². The molecular weight excluding hydrogens is 456 g/mol. The van der Waals surface area contributed by atoms with Gasteiger partial charge in [-0.15, -0.1) is 0 Å². The lowest BCUT2D eigenvalue weighted by Crippen LogP contribution is -2.32. The lowest BCUT2D eigenvalue weighted by atomic mass is 10.1. The van der Waals surface area contributed by atoms with Gasteiger partial charge in [-0.25, -0.2) is 0 Å². The van der Waals surface area contributed by atoms with Gasteiger partial charge in [-0.3, -0.25) is 14.5 Å². The van der Waals surface area contributed by atoms with Gasteiger partial charge in [0.05, 0.1) is 16.5 Å². The first-order chi connectivity index (χ1) is 15.9. The molecule has 0 N–H and O–H groups in total. The molecule has 0 aliphatic carbocycles. The van der Waals surface area contributed by atoms with E-state index in [0.29, 0.717) is 15.7 Å². The molecule has 2 aromatic carbocycles. The van der Waals surface area contributed by atoms with Crippen LogP contribution < -0.4 is 4.74 Å². The fourth-order valence-corrected chi connectivity index (χ4v) is 4.89. The van der Waals surface area contributed by atoms with Crippen LogP contribution in [0.25, 0.3) is 6.08 Å². The van der Waals surface area contributed by atoms with Crippen molar-refractivity contribution in [1.29, 1.82) is 0 Å². The molecule has 5 nitrogen and oxygen atoms in total. The molecule has 1 fully saturated rings. The van der Waals surface area contributed by atoms with Gasteiger partial charge in [0.1, 0.15) is 12.4 Å².